The third-order valence-electron chi connectivity index (χ3n) is 3.99. The minimum Gasteiger partial charge on any atom is -0.497 e. The zero-order valence-corrected chi connectivity index (χ0v) is 14.3. The van der Waals surface area contributed by atoms with Gasteiger partial charge < -0.3 is 20.9 Å². The van der Waals surface area contributed by atoms with Crippen LogP contribution in [0.1, 0.15) is 31.2 Å². The molecule has 1 aliphatic carbocycles. The molecule has 1 aromatic carbocycles. The largest absolute Gasteiger partial charge is 0.497 e. The van der Waals surface area contributed by atoms with Crippen LogP contribution in [0.4, 0.5) is 0 Å². The Morgan fingerprint density at radius 2 is 1.52 bits per heavy atom. The van der Waals surface area contributed by atoms with E-state index >= 15 is 0 Å². The SMILES string of the molecule is COc1cc(CC2(N)CCC(N)CC2)cc(OC)c1.Cl.Cl. The van der Waals surface area contributed by atoms with E-state index in [2.05, 4.69) is 0 Å². The van der Waals surface area contributed by atoms with Gasteiger partial charge in [-0.3, -0.25) is 0 Å². The van der Waals surface area contributed by atoms with E-state index in [1.165, 1.54) is 0 Å². The van der Waals surface area contributed by atoms with Gasteiger partial charge >= 0.3 is 0 Å². The highest BCUT2D eigenvalue weighted by molar-refractivity contribution is 5.85. The minimum absolute atomic E-state index is 0. The predicted octanol–water partition coefficient (Wildman–Crippen LogP) is 2.69. The van der Waals surface area contributed by atoms with E-state index in [1.807, 2.05) is 18.2 Å². The average molecular weight is 337 g/mol. The lowest BCUT2D eigenvalue weighted by Crippen LogP contribution is -2.47. The molecular weight excluding hydrogens is 311 g/mol. The third kappa shape index (κ3) is 5.55. The Labute approximate surface area is 139 Å². The zero-order valence-electron chi connectivity index (χ0n) is 12.6. The van der Waals surface area contributed by atoms with Crippen molar-refractivity contribution in [1.82, 2.24) is 0 Å². The first kappa shape index (κ1) is 20.3. The summed E-state index contributed by atoms with van der Waals surface area (Å²) in [7, 11) is 3.33. The van der Waals surface area contributed by atoms with E-state index in [0.29, 0.717) is 6.04 Å². The maximum Gasteiger partial charge on any atom is 0.122 e. The molecule has 1 aliphatic rings. The van der Waals surface area contributed by atoms with E-state index in [1.54, 1.807) is 14.2 Å². The van der Waals surface area contributed by atoms with Crippen molar-refractivity contribution in [3.8, 4) is 11.5 Å². The van der Waals surface area contributed by atoms with Gasteiger partial charge in [-0.25, -0.2) is 0 Å². The lowest BCUT2D eigenvalue weighted by Gasteiger charge is -2.36. The fourth-order valence-electron chi connectivity index (χ4n) is 2.77. The van der Waals surface area contributed by atoms with Crippen LogP contribution in [0.3, 0.4) is 0 Å². The lowest BCUT2D eigenvalue weighted by atomic mass is 9.77. The Hall–Kier alpha value is -0.680. The molecule has 1 saturated carbocycles. The Balaban J connectivity index is 0.00000200. The number of benzene rings is 1. The fraction of sp³-hybridized carbons (Fsp3) is 0.600. The van der Waals surface area contributed by atoms with Gasteiger partial charge in [-0.1, -0.05) is 0 Å². The summed E-state index contributed by atoms with van der Waals surface area (Å²) < 4.78 is 10.6. The fourth-order valence-corrected chi connectivity index (χ4v) is 2.77. The van der Waals surface area contributed by atoms with E-state index in [0.717, 1.165) is 49.2 Å². The van der Waals surface area contributed by atoms with Gasteiger partial charge in [0.15, 0.2) is 0 Å². The van der Waals surface area contributed by atoms with Crippen LogP contribution in [0.25, 0.3) is 0 Å². The summed E-state index contributed by atoms with van der Waals surface area (Å²) in [5.41, 5.74) is 13.5. The van der Waals surface area contributed by atoms with Gasteiger partial charge in [-0.15, -0.1) is 24.8 Å². The third-order valence-corrected chi connectivity index (χ3v) is 3.99. The molecule has 21 heavy (non-hydrogen) atoms. The van der Waals surface area contributed by atoms with Crippen LogP contribution in [-0.2, 0) is 6.42 Å². The summed E-state index contributed by atoms with van der Waals surface area (Å²) in [5, 5.41) is 0. The molecule has 0 unspecified atom stereocenters. The van der Waals surface area contributed by atoms with Crippen LogP contribution in [0.2, 0.25) is 0 Å². The number of rotatable bonds is 4. The molecule has 1 aromatic rings. The number of nitrogens with two attached hydrogens (primary N) is 2. The maximum absolute atomic E-state index is 6.50. The molecule has 0 spiro atoms. The summed E-state index contributed by atoms with van der Waals surface area (Å²) in [6, 6.07) is 6.26. The van der Waals surface area contributed by atoms with Crippen molar-refractivity contribution >= 4 is 24.8 Å². The molecule has 0 bridgehead atoms. The van der Waals surface area contributed by atoms with Gasteiger partial charge in [0.2, 0.25) is 0 Å². The Morgan fingerprint density at radius 1 is 1.05 bits per heavy atom. The van der Waals surface area contributed by atoms with Gasteiger partial charge in [-0.05, 0) is 49.8 Å². The molecular formula is C15H26Cl2N2O2. The van der Waals surface area contributed by atoms with Gasteiger partial charge in [0, 0.05) is 17.6 Å². The summed E-state index contributed by atoms with van der Waals surface area (Å²) in [4.78, 5) is 0. The highest BCUT2D eigenvalue weighted by atomic mass is 35.5. The summed E-state index contributed by atoms with van der Waals surface area (Å²) in [6.45, 7) is 0. The van der Waals surface area contributed by atoms with Crippen LogP contribution in [0.5, 0.6) is 11.5 Å². The number of hydrogen-bond acceptors (Lipinski definition) is 4. The zero-order chi connectivity index (χ0) is 13.9. The summed E-state index contributed by atoms with van der Waals surface area (Å²) >= 11 is 0. The molecule has 0 radical (unpaired) electrons. The molecule has 0 aromatic heterocycles. The topological polar surface area (TPSA) is 70.5 Å². The molecule has 0 heterocycles. The van der Waals surface area contributed by atoms with Crippen LogP contribution in [-0.4, -0.2) is 25.8 Å². The van der Waals surface area contributed by atoms with Gasteiger partial charge in [-0.2, -0.15) is 0 Å². The molecule has 0 saturated heterocycles. The van der Waals surface area contributed by atoms with Crippen molar-refractivity contribution in [3.05, 3.63) is 23.8 Å². The summed E-state index contributed by atoms with van der Waals surface area (Å²) in [5.74, 6) is 1.62. The normalized spacial score (nSPS) is 24.5. The lowest BCUT2D eigenvalue weighted by molar-refractivity contribution is 0.271. The highest BCUT2D eigenvalue weighted by Gasteiger charge is 2.30. The highest BCUT2D eigenvalue weighted by Crippen LogP contribution is 2.31. The van der Waals surface area contributed by atoms with E-state index < -0.39 is 0 Å². The number of methoxy groups -OCH3 is 2. The monoisotopic (exact) mass is 336 g/mol. The molecule has 1 fully saturated rings. The van der Waals surface area contributed by atoms with Crippen molar-refractivity contribution in [2.45, 2.75) is 43.7 Å². The van der Waals surface area contributed by atoms with Crippen molar-refractivity contribution < 1.29 is 9.47 Å². The van der Waals surface area contributed by atoms with Gasteiger partial charge in [0.05, 0.1) is 14.2 Å². The molecule has 0 aliphatic heterocycles. The van der Waals surface area contributed by atoms with Crippen LogP contribution in [0, 0.1) is 0 Å². The number of halogens is 2. The van der Waals surface area contributed by atoms with Crippen LogP contribution in [0.15, 0.2) is 18.2 Å². The molecule has 6 heteroatoms. The van der Waals surface area contributed by atoms with Gasteiger partial charge in [0.1, 0.15) is 11.5 Å². The first-order valence-electron chi connectivity index (χ1n) is 6.81. The Kier molecular flexibility index (Phi) is 8.41. The average Bonchev–Trinajstić information content (AvgIpc) is 2.42. The van der Waals surface area contributed by atoms with Crippen LogP contribution >= 0.6 is 24.8 Å². The molecule has 0 atom stereocenters. The van der Waals surface area contributed by atoms with Crippen LogP contribution < -0.4 is 20.9 Å². The van der Waals surface area contributed by atoms with Crippen molar-refractivity contribution in [3.63, 3.8) is 0 Å². The minimum atomic E-state index is -0.146. The van der Waals surface area contributed by atoms with Crippen molar-refractivity contribution in [2.24, 2.45) is 11.5 Å². The second kappa shape index (κ2) is 8.69. The van der Waals surface area contributed by atoms with E-state index in [4.69, 9.17) is 20.9 Å². The first-order valence-corrected chi connectivity index (χ1v) is 6.81. The smallest absolute Gasteiger partial charge is 0.122 e. The molecule has 4 nitrogen and oxygen atoms in total. The maximum atomic E-state index is 6.50. The Morgan fingerprint density at radius 3 is 1.95 bits per heavy atom. The molecule has 4 N–H and O–H groups in total. The standard InChI is InChI=1S/C15H24N2O2.2ClH/c1-18-13-7-11(8-14(9-13)19-2)10-15(17)5-3-12(16)4-6-15;;/h7-9,12H,3-6,10,16-17H2,1-2H3;2*1H. The molecule has 122 valence electrons. The second-order valence-corrected chi connectivity index (χ2v) is 5.60. The van der Waals surface area contributed by atoms with Gasteiger partial charge in [0.25, 0.3) is 0 Å². The van der Waals surface area contributed by atoms with Crippen molar-refractivity contribution in [1.29, 1.82) is 0 Å². The summed E-state index contributed by atoms with van der Waals surface area (Å²) in [6.07, 6.45) is 4.82. The molecule has 2 rings (SSSR count). The number of ether oxygens (including phenoxy) is 2. The van der Waals surface area contributed by atoms with Crippen molar-refractivity contribution in [2.75, 3.05) is 14.2 Å². The van der Waals surface area contributed by atoms with E-state index in [9.17, 15) is 0 Å². The first-order chi connectivity index (χ1) is 9.04. The quantitative estimate of drug-likeness (QED) is 0.886. The predicted molar refractivity (Wildman–Crippen MR) is 91.1 cm³/mol. The number of hydrogen-bond donors (Lipinski definition) is 2. The Bertz CT molecular complexity index is 413. The van der Waals surface area contributed by atoms with E-state index in [-0.39, 0.29) is 30.4 Å². The molecule has 0 amide bonds. The second-order valence-electron chi connectivity index (χ2n) is 5.60.